The number of rotatable bonds is 9. The Morgan fingerprint density at radius 3 is 2.29 bits per heavy atom. The summed E-state index contributed by atoms with van der Waals surface area (Å²) in [4.78, 5) is 25.4. The van der Waals surface area contributed by atoms with Crippen LogP contribution in [0.25, 0.3) is 0 Å². The Labute approximate surface area is 196 Å². The first kappa shape index (κ1) is 24.9. The van der Waals surface area contributed by atoms with Crippen molar-refractivity contribution in [3.05, 3.63) is 89.7 Å². The van der Waals surface area contributed by atoms with Gasteiger partial charge in [0, 0.05) is 30.3 Å². The largest absolute Gasteiger partial charge is 0.506 e. The molecule has 3 rings (SSSR count). The van der Waals surface area contributed by atoms with Gasteiger partial charge in [0.1, 0.15) is 22.5 Å². The van der Waals surface area contributed by atoms with Crippen molar-refractivity contribution in [2.75, 3.05) is 11.9 Å². The molecule has 1 unspecified atom stereocenters. The second kappa shape index (κ2) is 10.9. The third kappa shape index (κ3) is 6.40. The Morgan fingerprint density at radius 2 is 1.68 bits per heavy atom. The SMILES string of the molecule is CCNS(=O)(=O)c1ccc(NC(=O)C(Cc2ccccc2)NC(=O)c2ccc(F)cc2)cc1O. The standard InChI is InChI=1S/C24H24FN3O5S/c1-2-26-34(32,33)22-13-12-19(15-21(22)29)27-24(31)20(14-16-6-4-3-5-7-16)28-23(30)17-8-10-18(25)11-9-17/h3-13,15,20,26,29H,2,14H2,1H3,(H,27,31)(H,28,30). The number of nitrogens with one attached hydrogen (secondary N) is 3. The second-order valence-corrected chi connectivity index (χ2v) is 9.13. The molecule has 0 saturated carbocycles. The van der Waals surface area contributed by atoms with E-state index in [0.29, 0.717) is 0 Å². The van der Waals surface area contributed by atoms with Crippen LogP contribution in [0.4, 0.5) is 10.1 Å². The van der Waals surface area contributed by atoms with Gasteiger partial charge in [0.15, 0.2) is 0 Å². The number of aromatic hydroxyl groups is 1. The van der Waals surface area contributed by atoms with Gasteiger partial charge in [0.25, 0.3) is 5.91 Å². The Morgan fingerprint density at radius 1 is 1.00 bits per heavy atom. The molecule has 0 bridgehead atoms. The number of anilines is 1. The van der Waals surface area contributed by atoms with Crippen molar-refractivity contribution in [3.8, 4) is 5.75 Å². The Balaban J connectivity index is 1.81. The van der Waals surface area contributed by atoms with Gasteiger partial charge in [0.05, 0.1) is 0 Å². The molecule has 3 aromatic carbocycles. The van der Waals surface area contributed by atoms with Crippen LogP contribution >= 0.6 is 0 Å². The lowest BCUT2D eigenvalue weighted by atomic mass is 10.0. The van der Waals surface area contributed by atoms with Crippen molar-refractivity contribution in [1.82, 2.24) is 10.0 Å². The number of halogens is 1. The van der Waals surface area contributed by atoms with E-state index in [1.807, 2.05) is 6.07 Å². The molecule has 0 aromatic heterocycles. The number of hydrogen-bond donors (Lipinski definition) is 4. The highest BCUT2D eigenvalue weighted by molar-refractivity contribution is 7.89. The van der Waals surface area contributed by atoms with Gasteiger partial charge in [-0.15, -0.1) is 0 Å². The summed E-state index contributed by atoms with van der Waals surface area (Å²) < 4.78 is 39.8. The van der Waals surface area contributed by atoms with Gasteiger partial charge in [-0.05, 0) is 42.0 Å². The number of hydrogen-bond acceptors (Lipinski definition) is 5. The molecule has 0 spiro atoms. The Bertz CT molecular complexity index is 1270. The van der Waals surface area contributed by atoms with Crippen molar-refractivity contribution in [1.29, 1.82) is 0 Å². The quantitative estimate of drug-likeness (QED) is 0.371. The van der Waals surface area contributed by atoms with E-state index in [0.717, 1.165) is 23.8 Å². The lowest BCUT2D eigenvalue weighted by molar-refractivity contribution is -0.118. The maximum Gasteiger partial charge on any atom is 0.251 e. The van der Waals surface area contributed by atoms with E-state index in [2.05, 4.69) is 15.4 Å². The van der Waals surface area contributed by atoms with Gasteiger partial charge >= 0.3 is 0 Å². The van der Waals surface area contributed by atoms with Gasteiger partial charge < -0.3 is 15.7 Å². The van der Waals surface area contributed by atoms with Crippen LogP contribution in [0.1, 0.15) is 22.8 Å². The minimum atomic E-state index is -3.89. The average molecular weight is 486 g/mol. The maximum atomic E-state index is 13.2. The Hall–Kier alpha value is -3.76. The van der Waals surface area contributed by atoms with Crippen LogP contribution in [-0.4, -0.2) is 37.9 Å². The molecular weight excluding hydrogens is 461 g/mol. The third-order valence-corrected chi connectivity index (χ3v) is 6.45. The highest BCUT2D eigenvalue weighted by Crippen LogP contribution is 2.26. The van der Waals surface area contributed by atoms with Crippen molar-refractivity contribution in [2.24, 2.45) is 0 Å². The number of carbonyl (C=O) groups is 2. The predicted octanol–water partition coefficient (Wildman–Crippen LogP) is 2.81. The molecule has 0 heterocycles. The van der Waals surface area contributed by atoms with Crippen molar-refractivity contribution >= 4 is 27.5 Å². The molecule has 0 fully saturated rings. The number of amides is 2. The minimum absolute atomic E-state index is 0.145. The number of phenolic OH excluding ortho intramolecular Hbond substituents is 1. The summed E-state index contributed by atoms with van der Waals surface area (Å²) in [5.41, 5.74) is 1.12. The van der Waals surface area contributed by atoms with E-state index in [-0.39, 0.29) is 29.1 Å². The fourth-order valence-corrected chi connectivity index (χ4v) is 4.34. The summed E-state index contributed by atoms with van der Waals surface area (Å²) in [6.45, 7) is 1.76. The monoisotopic (exact) mass is 485 g/mol. The molecule has 0 aliphatic heterocycles. The first-order valence-electron chi connectivity index (χ1n) is 10.4. The molecule has 0 aliphatic rings. The van der Waals surface area contributed by atoms with Crippen molar-refractivity contribution in [2.45, 2.75) is 24.3 Å². The van der Waals surface area contributed by atoms with Crippen LogP contribution in [0.2, 0.25) is 0 Å². The van der Waals surface area contributed by atoms with E-state index in [4.69, 9.17) is 0 Å². The van der Waals surface area contributed by atoms with E-state index in [9.17, 15) is 27.5 Å². The van der Waals surface area contributed by atoms with Crippen LogP contribution in [0.15, 0.2) is 77.7 Å². The molecule has 178 valence electrons. The van der Waals surface area contributed by atoms with Gasteiger partial charge in [-0.1, -0.05) is 37.3 Å². The van der Waals surface area contributed by atoms with Crippen LogP contribution in [0.5, 0.6) is 5.75 Å². The zero-order chi connectivity index (χ0) is 24.7. The molecule has 0 saturated heterocycles. The summed E-state index contributed by atoms with van der Waals surface area (Å²) >= 11 is 0. The number of sulfonamides is 1. The molecule has 3 aromatic rings. The summed E-state index contributed by atoms with van der Waals surface area (Å²) in [5, 5.41) is 15.4. The molecular formula is C24H24FN3O5S. The second-order valence-electron chi connectivity index (χ2n) is 7.40. The summed E-state index contributed by atoms with van der Waals surface area (Å²) in [6.07, 6.45) is 0.165. The smallest absolute Gasteiger partial charge is 0.251 e. The maximum absolute atomic E-state index is 13.2. The lowest BCUT2D eigenvalue weighted by Gasteiger charge is -2.19. The molecule has 34 heavy (non-hydrogen) atoms. The molecule has 1 atom stereocenters. The zero-order valence-corrected chi connectivity index (χ0v) is 19.1. The Kier molecular flexibility index (Phi) is 7.98. The predicted molar refractivity (Wildman–Crippen MR) is 125 cm³/mol. The molecule has 0 radical (unpaired) electrons. The van der Waals surface area contributed by atoms with Crippen molar-refractivity contribution in [3.63, 3.8) is 0 Å². The highest BCUT2D eigenvalue weighted by atomic mass is 32.2. The zero-order valence-electron chi connectivity index (χ0n) is 18.3. The fraction of sp³-hybridized carbons (Fsp3) is 0.167. The van der Waals surface area contributed by atoms with Gasteiger partial charge in [-0.3, -0.25) is 9.59 Å². The average Bonchev–Trinajstić information content (AvgIpc) is 2.79. The third-order valence-electron chi connectivity index (χ3n) is 4.86. The minimum Gasteiger partial charge on any atom is -0.506 e. The van der Waals surface area contributed by atoms with Gasteiger partial charge in [0.2, 0.25) is 15.9 Å². The van der Waals surface area contributed by atoms with Crippen LogP contribution in [-0.2, 0) is 21.2 Å². The first-order valence-corrected chi connectivity index (χ1v) is 11.9. The molecule has 4 N–H and O–H groups in total. The van der Waals surface area contributed by atoms with Gasteiger partial charge in [-0.2, -0.15) is 0 Å². The first-order chi connectivity index (χ1) is 16.2. The topological polar surface area (TPSA) is 125 Å². The summed E-state index contributed by atoms with van der Waals surface area (Å²) in [6, 6.07) is 16.6. The van der Waals surface area contributed by atoms with E-state index in [1.54, 1.807) is 31.2 Å². The van der Waals surface area contributed by atoms with Crippen LogP contribution in [0, 0.1) is 5.82 Å². The molecule has 10 heteroatoms. The number of benzene rings is 3. The van der Waals surface area contributed by atoms with E-state index >= 15 is 0 Å². The van der Waals surface area contributed by atoms with Crippen molar-refractivity contribution < 1.29 is 27.5 Å². The van der Waals surface area contributed by atoms with E-state index < -0.39 is 39.4 Å². The highest BCUT2D eigenvalue weighted by Gasteiger charge is 2.23. The summed E-state index contributed by atoms with van der Waals surface area (Å²) in [7, 11) is -3.89. The molecule has 8 nitrogen and oxygen atoms in total. The van der Waals surface area contributed by atoms with Gasteiger partial charge in [-0.25, -0.2) is 17.5 Å². The fourth-order valence-electron chi connectivity index (χ4n) is 3.22. The molecule has 0 aliphatic carbocycles. The van der Waals surface area contributed by atoms with Crippen LogP contribution in [0.3, 0.4) is 0 Å². The number of carbonyl (C=O) groups excluding carboxylic acids is 2. The van der Waals surface area contributed by atoms with E-state index in [1.165, 1.54) is 24.3 Å². The molecule has 2 amide bonds. The van der Waals surface area contributed by atoms with Crippen LogP contribution < -0.4 is 15.4 Å². The number of phenols is 1. The normalized spacial score (nSPS) is 12.1. The lowest BCUT2D eigenvalue weighted by Crippen LogP contribution is -2.45. The summed E-state index contributed by atoms with van der Waals surface area (Å²) in [5.74, 6) is -2.17.